The average Bonchev–Trinajstić information content (AvgIpc) is 2.69. The van der Waals surface area contributed by atoms with Gasteiger partial charge >= 0.3 is 0 Å². The lowest BCUT2D eigenvalue weighted by molar-refractivity contribution is -0.138. The zero-order valence-electron chi connectivity index (χ0n) is 9.39. The number of nitrogens with zero attached hydrogens (tertiary/aromatic N) is 2. The van der Waals surface area contributed by atoms with Crippen molar-refractivity contribution in [2.45, 2.75) is 19.9 Å². The zero-order chi connectivity index (χ0) is 12.6. The summed E-state index contributed by atoms with van der Waals surface area (Å²) in [7, 11) is 0. The molecule has 1 unspecified atom stereocenters. The van der Waals surface area contributed by atoms with E-state index < -0.39 is 17.9 Å². The molecule has 2 rings (SSSR count). The van der Waals surface area contributed by atoms with Crippen LogP contribution in [0.2, 0.25) is 0 Å². The minimum absolute atomic E-state index is 0.109. The van der Waals surface area contributed by atoms with E-state index in [-0.39, 0.29) is 18.1 Å². The van der Waals surface area contributed by atoms with Gasteiger partial charge in [0.05, 0.1) is 5.01 Å². The Morgan fingerprint density at radius 2 is 2.29 bits per heavy atom. The number of hydrogen-bond acceptors (Lipinski definition) is 5. The molecular weight excluding hydrogens is 242 g/mol. The predicted molar refractivity (Wildman–Crippen MR) is 60.5 cm³/mol. The molecule has 2 heterocycles. The number of carbonyl (C=O) groups excluding carboxylic acids is 3. The Labute approximate surface area is 102 Å². The van der Waals surface area contributed by atoms with Gasteiger partial charge in [0.25, 0.3) is 5.91 Å². The molecule has 6 nitrogen and oxygen atoms in total. The first-order chi connectivity index (χ1) is 7.99. The van der Waals surface area contributed by atoms with Crippen molar-refractivity contribution in [1.82, 2.24) is 15.2 Å². The summed E-state index contributed by atoms with van der Waals surface area (Å²) in [6, 6.07) is -0.651. The van der Waals surface area contributed by atoms with Gasteiger partial charge in [-0.2, -0.15) is 0 Å². The van der Waals surface area contributed by atoms with Gasteiger partial charge in [-0.15, -0.1) is 11.3 Å². The Balaban J connectivity index is 2.24. The van der Waals surface area contributed by atoms with Crippen LogP contribution in [-0.4, -0.2) is 40.2 Å². The van der Waals surface area contributed by atoms with Crippen molar-refractivity contribution in [3.8, 4) is 0 Å². The van der Waals surface area contributed by atoms with E-state index in [0.29, 0.717) is 0 Å². The van der Waals surface area contributed by atoms with Gasteiger partial charge in [-0.1, -0.05) is 0 Å². The summed E-state index contributed by atoms with van der Waals surface area (Å²) < 4.78 is 0. The molecular formula is C10H11N3O3S. The normalized spacial score (nSPS) is 20.4. The summed E-state index contributed by atoms with van der Waals surface area (Å²) in [4.78, 5) is 40.0. The molecule has 1 N–H and O–H groups in total. The van der Waals surface area contributed by atoms with E-state index >= 15 is 0 Å². The fourth-order valence-corrected chi connectivity index (χ4v) is 2.16. The SMILES string of the molecule is Cc1nc(C(=O)N2CC(=O)NC(=O)C2C)cs1. The van der Waals surface area contributed by atoms with Crippen LogP contribution in [0.1, 0.15) is 22.4 Å². The minimum atomic E-state index is -0.651. The highest BCUT2D eigenvalue weighted by Gasteiger charge is 2.34. The summed E-state index contributed by atoms with van der Waals surface area (Å²) in [5.41, 5.74) is 0.279. The van der Waals surface area contributed by atoms with Crippen LogP contribution in [0.15, 0.2) is 5.38 Å². The third-order valence-electron chi connectivity index (χ3n) is 2.52. The minimum Gasteiger partial charge on any atom is -0.316 e. The lowest BCUT2D eigenvalue weighted by Gasteiger charge is -2.30. The predicted octanol–water partition coefficient (Wildman–Crippen LogP) is -0.0614. The maximum absolute atomic E-state index is 12.1. The van der Waals surface area contributed by atoms with Gasteiger partial charge in [0, 0.05) is 5.38 Å². The number of rotatable bonds is 1. The maximum Gasteiger partial charge on any atom is 0.274 e. The monoisotopic (exact) mass is 253 g/mol. The van der Waals surface area contributed by atoms with Crippen LogP contribution in [0.25, 0.3) is 0 Å². The average molecular weight is 253 g/mol. The molecule has 0 saturated carbocycles. The number of thiazole rings is 1. The standard InChI is InChI=1S/C10H11N3O3S/c1-5-9(15)12-8(14)3-13(5)10(16)7-4-17-6(2)11-7/h4-5H,3H2,1-2H3,(H,12,14,15). The molecule has 1 fully saturated rings. The van der Waals surface area contributed by atoms with E-state index in [0.717, 1.165) is 5.01 Å². The van der Waals surface area contributed by atoms with Crippen molar-refractivity contribution in [3.05, 3.63) is 16.1 Å². The Hall–Kier alpha value is -1.76. The zero-order valence-corrected chi connectivity index (χ0v) is 10.2. The first-order valence-corrected chi connectivity index (χ1v) is 5.94. The van der Waals surface area contributed by atoms with Gasteiger partial charge in [-0.3, -0.25) is 19.7 Å². The lowest BCUT2D eigenvalue weighted by Crippen LogP contribution is -2.58. The Morgan fingerprint density at radius 3 is 2.88 bits per heavy atom. The number of hydrogen-bond donors (Lipinski definition) is 1. The highest BCUT2D eigenvalue weighted by atomic mass is 32.1. The second-order valence-electron chi connectivity index (χ2n) is 3.77. The Morgan fingerprint density at radius 1 is 1.59 bits per heavy atom. The van der Waals surface area contributed by atoms with Crippen LogP contribution in [-0.2, 0) is 9.59 Å². The van der Waals surface area contributed by atoms with Crippen LogP contribution in [0.4, 0.5) is 0 Å². The van der Waals surface area contributed by atoms with Gasteiger partial charge in [0.2, 0.25) is 11.8 Å². The van der Waals surface area contributed by atoms with Gasteiger partial charge < -0.3 is 4.90 Å². The molecule has 17 heavy (non-hydrogen) atoms. The number of piperazine rings is 1. The molecule has 1 saturated heterocycles. The van der Waals surface area contributed by atoms with Gasteiger partial charge in [-0.25, -0.2) is 4.98 Å². The van der Waals surface area contributed by atoms with E-state index in [1.165, 1.54) is 16.2 Å². The number of aryl methyl sites for hydroxylation is 1. The number of amides is 3. The van der Waals surface area contributed by atoms with Gasteiger partial charge in [-0.05, 0) is 13.8 Å². The van der Waals surface area contributed by atoms with Crippen molar-refractivity contribution < 1.29 is 14.4 Å². The molecule has 0 aromatic carbocycles. The van der Waals surface area contributed by atoms with E-state index in [9.17, 15) is 14.4 Å². The second kappa shape index (κ2) is 4.25. The van der Waals surface area contributed by atoms with Crippen LogP contribution < -0.4 is 5.32 Å². The maximum atomic E-state index is 12.1. The van der Waals surface area contributed by atoms with Crippen molar-refractivity contribution in [3.63, 3.8) is 0 Å². The molecule has 1 aliphatic rings. The van der Waals surface area contributed by atoms with Crippen LogP contribution in [0.5, 0.6) is 0 Å². The smallest absolute Gasteiger partial charge is 0.274 e. The molecule has 1 aromatic rings. The molecule has 0 aliphatic carbocycles. The summed E-state index contributed by atoms with van der Waals surface area (Å²) in [6.07, 6.45) is 0. The van der Waals surface area contributed by atoms with E-state index in [1.54, 1.807) is 19.2 Å². The fraction of sp³-hybridized carbons (Fsp3) is 0.400. The second-order valence-corrected chi connectivity index (χ2v) is 4.84. The van der Waals surface area contributed by atoms with Crippen LogP contribution in [0.3, 0.4) is 0 Å². The summed E-state index contributed by atoms with van der Waals surface area (Å²) in [5, 5.41) is 4.58. The van der Waals surface area contributed by atoms with E-state index in [2.05, 4.69) is 10.3 Å². The van der Waals surface area contributed by atoms with E-state index in [4.69, 9.17) is 0 Å². The molecule has 7 heteroatoms. The molecule has 0 radical (unpaired) electrons. The quantitative estimate of drug-likeness (QED) is 0.711. The Kier molecular flexibility index (Phi) is 2.93. The van der Waals surface area contributed by atoms with Crippen LogP contribution >= 0.6 is 11.3 Å². The first kappa shape index (κ1) is 11.7. The topological polar surface area (TPSA) is 79.4 Å². The Bertz CT molecular complexity index is 497. The highest BCUT2D eigenvalue weighted by molar-refractivity contribution is 7.09. The summed E-state index contributed by atoms with van der Waals surface area (Å²) >= 11 is 1.36. The van der Waals surface area contributed by atoms with Crippen molar-refractivity contribution >= 4 is 29.1 Å². The van der Waals surface area contributed by atoms with Gasteiger partial charge in [0.15, 0.2) is 0 Å². The van der Waals surface area contributed by atoms with E-state index in [1.807, 2.05) is 0 Å². The number of aromatic nitrogens is 1. The molecule has 0 spiro atoms. The van der Waals surface area contributed by atoms with Crippen molar-refractivity contribution in [2.24, 2.45) is 0 Å². The largest absolute Gasteiger partial charge is 0.316 e. The number of carbonyl (C=O) groups is 3. The molecule has 3 amide bonds. The summed E-state index contributed by atoms with van der Waals surface area (Å²) in [5.74, 6) is -1.31. The molecule has 1 atom stereocenters. The highest BCUT2D eigenvalue weighted by Crippen LogP contribution is 2.14. The lowest BCUT2D eigenvalue weighted by atomic mass is 10.2. The van der Waals surface area contributed by atoms with Crippen LogP contribution in [0, 0.1) is 6.92 Å². The summed E-state index contributed by atoms with van der Waals surface area (Å²) in [6.45, 7) is 3.26. The molecule has 1 aliphatic heterocycles. The molecule has 0 bridgehead atoms. The van der Waals surface area contributed by atoms with Gasteiger partial charge in [0.1, 0.15) is 18.3 Å². The molecule has 1 aromatic heterocycles. The third-order valence-corrected chi connectivity index (χ3v) is 3.30. The number of nitrogens with one attached hydrogen (secondary N) is 1. The molecule has 90 valence electrons. The number of imide groups is 1. The fourth-order valence-electron chi connectivity index (χ4n) is 1.57. The first-order valence-electron chi connectivity index (χ1n) is 5.06. The van der Waals surface area contributed by atoms with Crippen molar-refractivity contribution in [1.29, 1.82) is 0 Å². The van der Waals surface area contributed by atoms with Crippen molar-refractivity contribution in [2.75, 3.05) is 6.54 Å². The third kappa shape index (κ3) is 2.19.